The van der Waals surface area contributed by atoms with Crippen LogP contribution in [0.15, 0.2) is 42.5 Å². The highest BCUT2D eigenvalue weighted by Crippen LogP contribution is 2.23. The molecule has 0 unspecified atom stereocenters. The zero-order valence-corrected chi connectivity index (χ0v) is 14.6. The second kappa shape index (κ2) is 8.73. The minimum Gasteiger partial charge on any atom is -0.492 e. The average molecular weight is 342 g/mol. The second-order valence-electron chi connectivity index (χ2n) is 5.35. The predicted molar refractivity (Wildman–Crippen MR) is 97.2 cm³/mol. The van der Waals surface area contributed by atoms with E-state index in [-0.39, 0.29) is 12.5 Å². The Morgan fingerprint density at radius 3 is 2.56 bits per heavy atom. The van der Waals surface area contributed by atoms with E-state index in [1.807, 2.05) is 38.1 Å². The zero-order valence-electron chi connectivity index (χ0n) is 14.6. The number of aryl methyl sites for hydroxylation is 1. The van der Waals surface area contributed by atoms with Gasteiger partial charge in [0.1, 0.15) is 5.75 Å². The van der Waals surface area contributed by atoms with Crippen molar-refractivity contribution in [1.29, 1.82) is 0 Å². The molecule has 2 N–H and O–H groups in total. The fourth-order valence-corrected chi connectivity index (χ4v) is 2.27. The van der Waals surface area contributed by atoms with Gasteiger partial charge in [-0.2, -0.15) is 0 Å². The number of carbonyl (C=O) groups excluding carboxylic acids is 2. The van der Waals surface area contributed by atoms with Crippen LogP contribution in [0.5, 0.6) is 5.75 Å². The highest BCUT2D eigenvalue weighted by Gasteiger charge is 2.11. The molecule has 25 heavy (non-hydrogen) atoms. The molecule has 2 rings (SSSR count). The lowest BCUT2D eigenvalue weighted by Gasteiger charge is -2.13. The SMILES string of the molecule is CCOc1ccccc1NCC(=O)Nc1cc(C(=O)OC)ccc1C. The number of amides is 1. The molecule has 0 aliphatic rings. The van der Waals surface area contributed by atoms with E-state index in [1.165, 1.54) is 7.11 Å². The van der Waals surface area contributed by atoms with Crippen molar-refractivity contribution in [2.24, 2.45) is 0 Å². The lowest BCUT2D eigenvalue weighted by atomic mass is 10.1. The predicted octanol–water partition coefficient (Wildman–Crippen LogP) is 3.23. The van der Waals surface area contributed by atoms with Crippen molar-refractivity contribution in [2.75, 3.05) is 30.9 Å². The van der Waals surface area contributed by atoms with Gasteiger partial charge in [-0.15, -0.1) is 0 Å². The summed E-state index contributed by atoms with van der Waals surface area (Å²) in [6.45, 7) is 4.38. The van der Waals surface area contributed by atoms with Crippen LogP contribution in [-0.4, -0.2) is 32.1 Å². The van der Waals surface area contributed by atoms with Gasteiger partial charge in [0.2, 0.25) is 5.91 Å². The maximum atomic E-state index is 12.2. The van der Waals surface area contributed by atoms with E-state index in [9.17, 15) is 9.59 Å². The molecule has 2 aromatic carbocycles. The van der Waals surface area contributed by atoms with Gasteiger partial charge in [0.05, 0.1) is 31.5 Å². The number of hydrogen-bond acceptors (Lipinski definition) is 5. The number of anilines is 2. The lowest BCUT2D eigenvalue weighted by Crippen LogP contribution is -2.22. The fourth-order valence-electron chi connectivity index (χ4n) is 2.27. The van der Waals surface area contributed by atoms with E-state index in [0.29, 0.717) is 23.6 Å². The zero-order chi connectivity index (χ0) is 18.2. The molecule has 0 heterocycles. The summed E-state index contributed by atoms with van der Waals surface area (Å²) in [5.41, 5.74) is 2.57. The average Bonchev–Trinajstić information content (AvgIpc) is 2.62. The van der Waals surface area contributed by atoms with Crippen LogP contribution in [-0.2, 0) is 9.53 Å². The number of esters is 1. The van der Waals surface area contributed by atoms with Crippen LogP contribution in [0, 0.1) is 6.92 Å². The first-order valence-corrected chi connectivity index (χ1v) is 7.99. The topological polar surface area (TPSA) is 76.7 Å². The number of ether oxygens (including phenoxy) is 2. The first-order valence-electron chi connectivity index (χ1n) is 7.99. The Morgan fingerprint density at radius 1 is 1.08 bits per heavy atom. The van der Waals surface area contributed by atoms with Crippen LogP contribution >= 0.6 is 0 Å². The summed E-state index contributed by atoms with van der Waals surface area (Å²) >= 11 is 0. The Kier molecular flexibility index (Phi) is 6.39. The van der Waals surface area contributed by atoms with Crippen LogP contribution in [0.4, 0.5) is 11.4 Å². The molecule has 0 aliphatic heterocycles. The van der Waals surface area contributed by atoms with Crippen molar-refractivity contribution in [3.63, 3.8) is 0 Å². The molecule has 6 nitrogen and oxygen atoms in total. The minimum absolute atomic E-state index is 0.0754. The molecule has 0 aromatic heterocycles. The number of carbonyl (C=O) groups is 2. The molecule has 0 bridgehead atoms. The molecular formula is C19H22N2O4. The molecule has 0 aliphatic carbocycles. The first kappa shape index (κ1) is 18.3. The van der Waals surface area contributed by atoms with Crippen molar-refractivity contribution in [3.8, 4) is 5.75 Å². The molecule has 1 amide bonds. The Balaban J connectivity index is 2.02. The van der Waals surface area contributed by atoms with Crippen molar-refractivity contribution >= 4 is 23.3 Å². The summed E-state index contributed by atoms with van der Waals surface area (Å²) in [7, 11) is 1.32. The largest absolute Gasteiger partial charge is 0.492 e. The van der Waals surface area contributed by atoms with E-state index < -0.39 is 5.97 Å². The smallest absolute Gasteiger partial charge is 0.337 e. The van der Waals surface area contributed by atoms with E-state index in [0.717, 1.165) is 11.3 Å². The summed E-state index contributed by atoms with van der Waals surface area (Å²) in [6, 6.07) is 12.5. The monoisotopic (exact) mass is 342 g/mol. The van der Waals surface area contributed by atoms with Gasteiger partial charge in [-0.25, -0.2) is 4.79 Å². The van der Waals surface area contributed by atoms with E-state index in [1.54, 1.807) is 18.2 Å². The molecular weight excluding hydrogens is 320 g/mol. The third-order valence-electron chi connectivity index (χ3n) is 3.56. The van der Waals surface area contributed by atoms with Gasteiger partial charge in [-0.1, -0.05) is 18.2 Å². The maximum Gasteiger partial charge on any atom is 0.337 e. The molecule has 6 heteroatoms. The molecule has 0 fully saturated rings. The van der Waals surface area contributed by atoms with Gasteiger partial charge >= 0.3 is 5.97 Å². The Hall–Kier alpha value is -3.02. The fraction of sp³-hybridized carbons (Fsp3) is 0.263. The molecule has 0 saturated heterocycles. The lowest BCUT2D eigenvalue weighted by molar-refractivity contribution is -0.114. The Bertz CT molecular complexity index is 759. The van der Waals surface area contributed by atoms with Gasteiger partial charge in [0.15, 0.2) is 0 Å². The number of para-hydroxylation sites is 2. The minimum atomic E-state index is -0.445. The van der Waals surface area contributed by atoms with Crippen molar-refractivity contribution in [1.82, 2.24) is 0 Å². The first-order chi connectivity index (χ1) is 12.0. The summed E-state index contributed by atoms with van der Waals surface area (Å²) < 4.78 is 10.2. The van der Waals surface area contributed by atoms with E-state index >= 15 is 0 Å². The number of nitrogens with one attached hydrogen (secondary N) is 2. The van der Waals surface area contributed by atoms with Gasteiger partial charge < -0.3 is 20.1 Å². The van der Waals surface area contributed by atoms with Gasteiger partial charge in [0.25, 0.3) is 0 Å². The van der Waals surface area contributed by atoms with Crippen LogP contribution in [0.2, 0.25) is 0 Å². The van der Waals surface area contributed by atoms with Crippen molar-refractivity contribution in [3.05, 3.63) is 53.6 Å². The van der Waals surface area contributed by atoms with Crippen molar-refractivity contribution < 1.29 is 19.1 Å². The third-order valence-corrected chi connectivity index (χ3v) is 3.56. The normalized spacial score (nSPS) is 10.0. The van der Waals surface area contributed by atoms with Gasteiger partial charge in [-0.05, 0) is 43.7 Å². The maximum absolute atomic E-state index is 12.2. The summed E-state index contributed by atoms with van der Waals surface area (Å²) in [4.78, 5) is 23.8. The van der Waals surface area contributed by atoms with Crippen LogP contribution in [0.1, 0.15) is 22.8 Å². The number of benzene rings is 2. The van der Waals surface area contributed by atoms with Crippen LogP contribution in [0.25, 0.3) is 0 Å². The Labute approximate surface area is 147 Å². The second-order valence-corrected chi connectivity index (χ2v) is 5.35. The number of methoxy groups -OCH3 is 1. The van der Waals surface area contributed by atoms with Gasteiger partial charge in [-0.3, -0.25) is 4.79 Å². The number of hydrogen-bond donors (Lipinski definition) is 2. The molecule has 132 valence electrons. The number of rotatable bonds is 7. The summed E-state index contributed by atoms with van der Waals surface area (Å²) in [5.74, 6) is 0.0253. The van der Waals surface area contributed by atoms with Gasteiger partial charge in [0, 0.05) is 5.69 Å². The molecule has 2 aromatic rings. The van der Waals surface area contributed by atoms with Crippen molar-refractivity contribution in [2.45, 2.75) is 13.8 Å². The highest BCUT2D eigenvalue weighted by atomic mass is 16.5. The standard InChI is InChI=1S/C19H22N2O4/c1-4-25-17-8-6-5-7-15(17)20-12-18(22)21-16-11-14(19(23)24-3)10-9-13(16)2/h5-11,20H,4,12H2,1-3H3,(H,21,22). The van der Waals surface area contributed by atoms with E-state index in [4.69, 9.17) is 9.47 Å². The third kappa shape index (κ3) is 4.97. The van der Waals surface area contributed by atoms with Crippen LogP contribution in [0.3, 0.4) is 0 Å². The molecule has 0 atom stereocenters. The molecule has 0 radical (unpaired) electrons. The molecule has 0 saturated carbocycles. The van der Waals surface area contributed by atoms with Crippen LogP contribution < -0.4 is 15.4 Å². The quantitative estimate of drug-likeness (QED) is 0.756. The highest BCUT2D eigenvalue weighted by molar-refractivity contribution is 5.97. The molecule has 0 spiro atoms. The summed E-state index contributed by atoms with van der Waals surface area (Å²) in [5, 5.41) is 5.86. The summed E-state index contributed by atoms with van der Waals surface area (Å²) in [6.07, 6.45) is 0. The van der Waals surface area contributed by atoms with E-state index in [2.05, 4.69) is 10.6 Å². The Morgan fingerprint density at radius 2 is 1.84 bits per heavy atom.